The van der Waals surface area contributed by atoms with Crippen molar-refractivity contribution in [3.05, 3.63) is 35.4 Å². The van der Waals surface area contributed by atoms with Gasteiger partial charge in [0.05, 0.1) is 13.5 Å². The van der Waals surface area contributed by atoms with Crippen molar-refractivity contribution in [3.63, 3.8) is 0 Å². The van der Waals surface area contributed by atoms with E-state index in [4.69, 9.17) is 18.0 Å². The summed E-state index contributed by atoms with van der Waals surface area (Å²) in [4.78, 5) is 43.2. The minimum atomic E-state index is -0.432. The highest BCUT2D eigenvalue weighted by Gasteiger charge is 2.40. The molecule has 0 aliphatic carbocycles. The van der Waals surface area contributed by atoms with Gasteiger partial charge < -0.3 is 20.7 Å². The highest BCUT2D eigenvalue weighted by Crippen LogP contribution is 2.32. The zero-order valence-electron chi connectivity index (χ0n) is 17.9. The monoisotopic (exact) mass is 464 g/mol. The average Bonchev–Trinajstić information content (AvgIpc) is 3.06. The average molecular weight is 465 g/mol. The van der Waals surface area contributed by atoms with Crippen LogP contribution < -0.4 is 11.1 Å². The quantitative estimate of drug-likeness (QED) is 0.422. The maximum Gasteiger partial charge on any atom is 0.307 e. The normalized spacial score (nSPS) is 19.3. The molecule has 0 aromatic heterocycles. The largest absolute Gasteiger partial charge is 0.469 e. The molecule has 31 heavy (non-hydrogen) atoms. The molecule has 0 radical (unpaired) electrons. The van der Waals surface area contributed by atoms with Gasteiger partial charge in [0.25, 0.3) is 5.91 Å². The molecule has 8 nitrogen and oxygen atoms in total. The van der Waals surface area contributed by atoms with Gasteiger partial charge in [-0.1, -0.05) is 49.5 Å². The van der Waals surface area contributed by atoms with E-state index in [1.807, 2.05) is 11.8 Å². The Morgan fingerprint density at radius 2 is 1.90 bits per heavy atom. The molecule has 1 aromatic rings. The van der Waals surface area contributed by atoms with E-state index in [1.165, 1.54) is 18.9 Å². The van der Waals surface area contributed by atoms with Gasteiger partial charge in [-0.05, 0) is 25.5 Å². The van der Waals surface area contributed by atoms with Crippen LogP contribution in [0.4, 0.5) is 0 Å². The zero-order valence-corrected chi connectivity index (χ0v) is 19.6. The lowest BCUT2D eigenvalue weighted by molar-refractivity contribution is -0.140. The molecule has 1 aromatic carbocycles. The van der Waals surface area contributed by atoms with E-state index in [1.54, 1.807) is 24.3 Å². The first kappa shape index (κ1) is 24.8. The van der Waals surface area contributed by atoms with E-state index < -0.39 is 11.2 Å². The van der Waals surface area contributed by atoms with Crippen LogP contribution in [0.15, 0.2) is 29.3 Å². The number of amidine groups is 1. The number of methoxy groups -OCH3 is 1. The predicted octanol–water partition coefficient (Wildman–Crippen LogP) is 2.10. The molecule has 1 aliphatic rings. The van der Waals surface area contributed by atoms with Crippen LogP contribution in [0.3, 0.4) is 0 Å². The summed E-state index contributed by atoms with van der Waals surface area (Å²) in [7, 11) is 1.31. The summed E-state index contributed by atoms with van der Waals surface area (Å²) in [5.41, 5.74) is 6.70. The minimum Gasteiger partial charge on any atom is -0.469 e. The standard InChI is InChI=1S/C21H28N4O4S2/c1-4-5-12-25-13(2)17(20(28)23-11-10-16(26)29-3)31-21(25)24-19(27)15-8-6-14(7-9-15)18(22)30/h6-9,13,17H,4-5,10-12H2,1-3H3,(H2,22,30)(H,23,28). The Kier molecular flexibility index (Phi) is 9.44. The third kappa shape index (κ3) is 6.76. The molecular formula is C21H28N4O4S2. The van der Waals surface area contributed by atoms with Gasteiger partial charge in [-0.25, -0.2) is 0 Å². The lowest BCUT2D eigenvalue weighted by Gasteiger charge is -2.24. The lowest BCUT2D eigenvalue weighted by atomic mass is 10.1. The number of unbranched alkanes of at least 4 members (excludes halogenated alkanes) is 1. The second-order valence-corrected chi connectivity index (χ2v) is 8.63. The van der Waals surface area contributed by atoms with E-state index in [0.29, 0.717) is 22.8 Å². The van der Waals surface area contributed by atoms with E-state index in [2.05, 4.69) is 22.0 Å². The van der Waals surface area contributed by atoms with Crippen molar-refractivity contribution in [1.82, 2.24) is 10.2 Å². The van der Waals surface area contributed by atoms with Gasteiger partial charge in [0, 0.05) is 30.3 Å². The summed E-state index contributed by atoms with van der Waals surface area (Å²) in [5.74, 6) is -0.968. The number of nitrogens with one attached hydrogen (secondary N) is 1. The number of rotatable bonds is 9. The summed E-state index contributed by atoms with van der Waals surface area (Å²) in [6, 6.07) is 6.51. The molecule has 1 aliphatic heterocycles. The van der Waals surface area contributed by atoms with Crippen LogP contribution in [0.2, 0.25) is 0 Å². The maximum absolute atomic E-state index is 12.7. The minimum absolute atomic E-state index is 0.106. The van der Waals surface area contributed by atoms with Crippen molar-refractivity contribution in [2.24, 2.45) is 10.7 Å². The van der Waals surface area contributed by atoms with Crippen LogP contribution in [-0.4, -0.2) is 64.3 Å². The fourth-order valence-corrected chi connectivity index (χ4v) is 4.45. The summed E-state index contributed by atoms with van der Waals surface area (Å²) >= 11 is 6.20. The number of nitrogens with zero attached hydrogens (tertiary/aromatic N) is 2. The highest BCUT2D eigenvalue weighted by molar-refractivity contribution is 8.15. The highest BCUT2D eigenvalue weighted by atomic mass is 32.2. The van der Waals surface area contributed by atoms with Gasteiger partial charge in [0.15, 0.2) is 5.17 Å². The number of thiocarbonyl (C=S) groups is 1. The molecule has 10 heteroatoms. The van der Waals surface area contributed by atoms with Crippen molar-refractivity contribution in [2.45, 2.75) is 44.4 Å². The van der Waals surface area contributed by atoms with Crippen molar-refractivity contribution in [1.29, 1.82) is 0 Å². The molecule has 168 valence electrons. The van der Waals surface area contributed by atoms with Crippen molar-refractivity contribution < 1.29 is 19.1 Å². The molecule has 0 spiro atoms. The van der Waals surface area contributed by atoms with Gasteiger partial charge in [-0.15, -0.1) is 0 Å². The predicted molar refractivity (Wildman–Crippen MR) is 126 cm³/mol. The molecule has 0 saturated carbocycles. The molecule has 2 amide bonds. The van der Waals surface area contributed by atoms with Crippen LogP contribution >= 0.6 is 24.0 Å². The molecule has 3 N–H and O–H groups in total. The molecule has 2 atom stereocenters. The van der Waals surface area contributed by atoms with Crippen molar-refractivity contribution in [3.8, 4) is 0 Å². The number of benzene rings is 1. The van der Waals surface area contributed by atoms with Crippen LogP contribution in [0.5, 0.6) is 0 Å². The Balaban J connectivity index is 2.15. The number of esters is 1. The smallest absolute Gasteiger partial charge is 0.307 e. The molecule has 0 bridgehead atoms. The number of hydrogen-bond donors (Lipinski definition) is 2. The number of amides is 2. The van der Waals surface area contributed by atoms with E-state index in [-0.39, 0.29) is 35.9 Å². The summed E-state index contributed by atoms with van der Waals surface area (Å²) in [6.07, 6.45) is 2.00. The van der Waals surface area contributed by atoms with Gasteiger partial charge >= 0.3 is 5.97 Å². The van der Waals surface area contributed by atoms with Gasteiger partial charge in [0.2, 0.25) is 5.91 Å². The fraction of sp³-hybridized carbons (Fsp3) is 0.476. The molecule has 1 fully saturated rings. The van der Waals surface area contributed by atoms with Gasteiger partial charge in [-0.2, -0.15) is 4.99 Å². The number of nitrogens with two attached hydrogens (primary N) is 1. The Labute approximate surface area is 192 Å². The topological polar surface area (TPSA) is 114 Å². The van der Waals surface area contributed by atoms with Crippen LogP contribution in [0.25, 0.3) is 0 Å². The van der Waals surface area contributed by atoms with E-state index >= 15 is 0 Å². The molecule has 2 rings (SSSR count). The number of aliphatic imine (C=N–C) groups is 1. The SMILES string of the molecule is CCCCN1C(=NC(=O)c2ccc(C(N)=S)cc2)SC(C(=O)NCCC(=O)OC)C1C. The molecule has 1 saturated heterocycles. The van der Waals surface area contributed by atoms with E-state index in [9.17, 15) is 14.4 Å². The number of carbonyl (C=O) groups excluding carboxylic acids is 3. The first-order valence-corrected chi connectivity index (χ1v) is 11.4. The first-order valence-electron chi connectivity index (χ1n) is 10.1. The molecule has 1 heterocycles. The number of carbonyl (C=O) groups is 3. The van der Waals surface area contributed by atoms with Crippen molar-refractivity contribution >= 4 is 51.9 Å². The number of ether oxygens (including phenoxy) is 1. The van der Waals surface area contributed by atoms with Gasteiger partial charge in [-0.3, -0.25) is 14.4 Å². The number of hydrogen-bond acceptors (Lipinski definition) is 6. The second kappa shape index (κ2) is 11.8. The maximum atomic E-state index is 12.7. The Morgan fingerprint density at radius 3 is 2.48 bits per heavy atom. The molecule has 2 unspecified atom stereocenters. The number of thioether (sulfide) groups is 1. The third-order valence-electron chi connectivity index (χ3n) is 4.89. The van der Waals surface area contributed by atoms with Crippen LogP contribution in [-0.2, 0) is 14.3 Å². The third-order valence-corrected chi connectivity index (χ3v) is 6.52. The van der Waals surface area contributed by atoms with Crippen molar-refractivity contribution in [2.75, 3.05) is 20.2 Å². The summed E-state index contributed by atoms with van der Waals surface area (Å²) in [5, 5.41) is 2.86. The zero-order chi connectivity index (χ0) is 23.0. The summed E-state index contributed by atoms with van der Waals surface area (Å²) < 4.78 is 4.59. The lowest BCUT2D eigenvalue weighted by Crippen LogP contribution is -2.43. The van der Waals surface area contributed by atoms with Crippen LogP contribution in [0.1, 0.15) is 49.0 Å². The Bertz CT molecular complexity index is 857. The Morgan fingerprint density at radius 1 is 1.26 bits per heavy atom. The Hall–Kier alpha value is -2.46. The first-order chi connectivity index (χ1) is 14.8. The summed E-state index contributed by atoms with van der Waals surface area (Å²) in [6.45, 7) is 4.92. The fourth-order valence-electron chi connectivity index (χ4n) is 3.03. The second-order valence-electron chi connectivity index (χ2n) is 7.08. The molecular weight excluding hydrogens is 436 g/mol. The van der Waals surface area contributed by atoms with Crippen LogP contribution in [0, 0.1) is 0 Å². The van der Waals surface area contributed by atoms with Gasteiger partial charge in [0.1, 0.15) is 10.2 Å². The van der Waals surface area contributed by atoms with E-state index in [0.717, 1.165) is 12.8 Å².